The van der Waals surface area contributed by atoms with Crippen LogP contribution in [0.2, 0.25) is 0 Å². The summed E-state index contributed by atoms with van der Waals surface area (Å²) in [5, 5.41) is 13.1. The fourth-order valence-corrected chi connectivity index (χ4v) is 2.63. The van der Waals surface area contributed by atoms with Gasteiger partial charge in [0.05, 0.1) is 6.20 Å². The van der Waals surface area contributed by atoms with Gasteiger partial charge in [-0.2, -0.15) is 0 Å². The van der Waals surface area contributed by atoms with E-state index in [1.165, 1.54) is 12.3 Å². The number of allylic oxidation sites excluding steroid dienone is 1. The maximum Gasteiger partial charge on any atom is 0.269 e. The molecule has 0 bridgehead atoms. The number of hydrogen-bond donors (Lipinski definition) is 3. The first kappa shape index (κ1) is 18.2. The summed E-state index contributed by atoms with van der Waals surface area (Å²) in [6.45, 7) is 6.33. The quantitative estimate of drug-likeness (QED) is 0.228. The lowest BCUT2D eigenvalue weighted by molar-refractivity contribution is -0.535. The lowest BCUT2D eigenvalue weighted by atomic mass is 10.3. The third kappa shape index (κ3) is 9.74. The highest BCUT2D eigenvalue weighted by Gasteiger charge is 2.05. The lowest BCUT2D eigenvalue weighted by Crippen LogP contribution is -2.74. The van der Waals surface area contributed by atoms with Crippen LogP contribution in [0.1, 0.15) is 6.92 Å². The molecule has 0 rings (SSSR count). The van der Waals surface area contributed by atoms with Crippen molar-refractivity contribution in [3.63, 3.8) is 0 Å². The molecule has 1 amide bonds. The molecule has 0 atom stereocenters. The second kappa shape index (κ2) is 12.2. The number of nitrogens with zero attached hydrogens (tertiary/aromatic N) is 1. The van der Waals surface area contributed by atoms with Crippen LogP contribution in [0.5, 0.6) is 0 Å². The SMILES string of the molecule is C=CC(=N/C=C(/C)[NH2+][O-])C(=O)NCCSSCCN. The maximum absolute atomic E-state index is 11.7. The number of aliphatic imine (C=N–C) groups is 1. The Morgan fingerprint density at radius 1 is 1.53 bits per heavy atom. The Bertz CT molecular complexity index is 346. The zero-order valence-corrected chi connectivity index (χ0v) is 12.6. The van der Waals surface area contributed by atoms with E-state index >= 15 is 0 Å². The van der Waals surface area contributed by atoms with Gasteiger partial charge in [-0.05, 0) is 6.08 Å². The van der Waals surface area contributed by atoms with E-state index in [4.69, 9.17) is 5.73 Å². The van der Waals surface area contributed by atoms with Crippen LogP contribution in [0.25, 0.3) is 0 Å². The standard InChI is InChI=1S/C11H20N4O2S2/c1-3-10(14-8-9(2)15-17)11(16)13-5-7-19-18-6-4-12/h3,8H,1,4-7,12,15H2,2H3,(H,13,16)/b9-8-,14-10?. The molecule has 19 heavy (non-hydrogen) atoms. The average molecular weight is 304 g/mol. The number of nitrogens with two attached hydrogens (primary N) is 2. The van der Waals surface area contributed by atoms with Gasteiger partial charge >= 0.3 is 0 Å². The summed E-state index contributed by atoms with van der Waals surface area (Å²) in [4.78, 5) is 15.6. The van der Waals surface area contributed by atoms with Gasteiger partial charge in [-0.3, -0.25) is 4.79 Å². The highest BCUT2D eigenvalue weighted by molar-refractivity contribution is 8.76. The maximum atomic E-state index is 11.7. The predicted octanol–water partition coefficient (Wildman–Crippen LogP) is -0.00780. The van der Waals surface area contributed by atoms with Gasteiger partial charge in [-0.1, -0.05) is 28.2 Å². The average Bonchev–Trinajstić information content (AvgIpc) is 2.42. The Balaban J connectivity index is 4.05. The van der Waals surface area contributed by atoms with E-state index < -0.39 is 0 Å². The van der Waals surface area contributed by atoms with Crippen LogP contribution in [0.4, 0.5) is 0 Å². The van der Waals surface area contributed by atoms with Crippen LogP contribution in [-0.2, 0) is 4.79 Å². The van der Waals surface area contributed by atoms with Crippen molar-refractivity contribution in [2.24, 2.45) is 10.7 Å². The Kier molecular flexibility index (Phi) is 11.7. The van der Waals surface area contributed by atoms with Crippen LogP contribution < -0.4 is 16.5 Å². The summed E-state index contributed by atoms with van der Waals surface area (Å²) in [6.07, 6.45) is 2.70. The van der Waals surface area contributed by atoms with Gasteiger partial charge in [-0.15, -0.1) is 0 Å². The van der Waals surface area contributed by atoms with Crippen molar-refractivity contribution in [3.8, 4) is 0 Å². The first-order valence-electron chi connectivity index (χ1n) is 5.70. The van der Waals surface area contributed by atoms with Gasteiger partial charge in [0.1, 0.15) is 11.4 Å². The molecule has 0 aromatic carbocycles. The van der Waals surface area contributed by atoms with E-state index in [1.54, 1.807) is 28.5 Å². The molecule has 8 heteroatoms. The summed E-state index contributed by atoms with van der Waals surface area (Å²) in [5.74, 6) is 1.40. The normalized spacial score (nSPS) is 12.4. The van der Waals surface area contributed by atoms with Crippen LogP contribution in [0.3, 0.4) is 0 Å². The summed E-state index contributed by atoms with van der Waals surface area (Å²) < 4.78 is 0. The fraction of sp³-hybridized carbons (Fsp3) is 0.455. The summed E-state index contributed by atoms with van der Waals surface area (Å²) in [7, 11) is 3.34. The van der Waals surface area contributed by atoms with Crippen molar-refractivity contribution in [2.75, 3.05) is 24.6 Å². The molecule has 0 saturated carbocycles. The van der Waals surface area contributed by atoms with Gasteiger partial charge in [0, 0.05) is 31.5 Å². The summed E-state index contributed by atoms with van der Waals surface area (Å²) >= 11 is 0. The van der Waals surface area contributed by atoms with E-state index in [0.29, 0.717) is 24.3 Å². The Morgan fingerprint density at radius 3 is 2.79 bits per heavy atom. The molecule has 0 aromatic heterocycles. The molecule has 0 aliphatic carbocycles. The predicted molar refractivity (Wildman–Crippen MR) is 83.7 cm³/mol. The zero-order chi connectivity index (χ0) is 14.5. The molecule has 0 unspecified atom stereocenters. The van der Waals surface area contributed by atoms with Gasteiger partial charge in [0.15, 0.2) is 0 Å². The van der Waals surface area contributed by atoms with Crippen molar-refractivity contribution < 1.29 is 10.3 Å². The van der Waals surface area contributed by atoms with Gasteiger partial charge < -0.3 is 21.7 Å². The van der Waals surface area contributed by atoms with E-state index in [0.717, 1.165) is 11.5 Å². The van der Waals surface area contributed by atoms with Crippen LogP contribution in [-0.4, -0.2) is 36.2 Å². The third-order valence-corrected chi connectivity index (χ3v) is 4.21. The third-order valence-electron chi connectivity index (χ3n) is 1.77. The van der Waals surface area contributed by atoms with Crippen molar-refractivity contribution in [1.82, 2.24) is 5.32 Å². The number of carbonyl (C=O) groups excluding carboxylic acids is 1. The molecule has 0 heterocycles. The fourth-order valence-electron chi connectivity index (χ4n) is 0.869. The largest absolute Gasteiger partial charge is 0.631 e. The molecule has 108 valence electrons. The lowest BCUT2D eigenvalue weighted by Gasteiger charge is -2.04. The summed E-state index contributed by atoms with van der Waals surface area (Å²) in [6, 6.07) is 0. The molecule has 0 radical (unpaired) electrons. The van der Waals surface area contributed by atoms with Crippen LogP contribution in [0, 0.1) is 5.21 Å². The van der Waals surface area contributed by atoms with Gasteiger partial charge in [-0.25, -0.2) is 4.99 Å². The van der Waals surface area contributed by atoms with Crippen molar-refractivity contribution >= 4 is 33.2 Å². The van der Waals surface area contributed by atoms with E-state index in [-0.39, 0.29) is 11.6 Å². The molecule has 0 aliphatic heterocycles. The highest BCUT2D eigenvalue weighted by atomic mass is 33.1. The Hall–Kier alpha value is -0.800. The second-order valence-electron chi connectivity index (χ2n) is 3.40. The molecule has 0 spiro atoms. The molecule has 0 aromatic rings. The van der Waals surface area contributed by atoms with Crippen molar-refractivity contribution in [3.05, 3.63) is 29.8 Å². The number of carbonyl (C=O) groups is 1. The van der Waals surface area contributed by atoms with E-state index in [2.05, 4.69) is 16.9 Å². The first-order chi connectivity index (χ1) is 9.15. The van der Waals surface area contributed by atoms with Crippen molar-refractivity contribution in [2.45, 2.75) is 6.92 Å². The van der Waals surface area contributed by atoms with Gasteiger partial charge in [0.25, 0.3) is 5.91 Å². The molecule has 0 fully saturated rings. The van der Waals surface area contributed by atoms with E-state index in [1.807, 2.05) is 0 Å². The Labute approximate surface area is 121 Å². The number of nitrogens with one attached hydrogen (secondary N) is 1. The topological polar surface area (TPSA) is 107 Å². The molecule has 0 aliphatic rings. The molecule has 6 nitrogen and oxygen atoms in total. The minimum Gasteiger partial charge on any atom is -0.631 e. The van der Waals surface area contributed by atoms with E-state index in [9.17, 15) is 10.0 Å². The summed E-state index contributed by atoms with van der Waals surface area (Å²) in [5.41, 5.74) is 6.67. The zero-order valence-electron chi connectivity index (χ0n) is 10.9. The number of rotatable bonds is 10. The number of quaternary nitrogens is 1. The second-order valence-corrected chi connectivity index (χ2v) is 6.10. The minimum absolute atomic E-state index is 0.195. The van der Waals surface area contributed by atoms with Crippen LogP contribution in [0.15, 0.2) is 29.5 Å². The highest BCUT2D eigenvalue weighted by Crippen LogP contribution is 2.18. The monoisotopic (exact) mass is 304 g/mol. The molecular weight excluding hydrogens is 284 g/mol. The first-order valence-corrected chi connectivity index (χ1v) is 8.19. The number of hydroxylamine groups is 1. The smallest absolute Gasteiger partial charge is 0.269 e. The number of hydrogen-bond acceptors (Lipinski definition) is 6. The molecule has 5 N–H and O–H groups in total. The number of amides is 1. The van der Waals surface area contributed by atoms with Gasteiger partial charge in [0.2, 0.25) is 0 Å². The Morgan fingerprint density at radius 2 is 2.21 bits per heavy atom. The van der Waals surface area contributed by atoms with Crippen LogP contribution >= 0.6 is 21.6 Å². The molecular formula is C11H20N4O2S2. The molecule has 0 saturated heterocycles. The minimum atomic E-state index is -0.297. The van der Waals surface area contributed by atoms with Crippen molar-refractivity contribution in [1.29, 1.82) is 0 Å².